The monoisotopic (exact) mass is 402 g/mol. The maximum atomic E-state index is 14.1. The molecule has 1 fully saturated rings. The Morgan fingerprint density at radius 3 is 2.52 bits per heavy atom. The van der Waals surface area contributed by atoms with E-state index in [0.717, 1.165) is 37.4 Å². The Labute approximate surface area is 170 Å². The molecule has 2 amide bonds. The molecular weight excluding hydrogens is 375 g/mol. The molecule has 0 unspecified atom stereocenters. The second-order valence-corrected chi connectivity index (χ2v) is 6.89. The third-order valence-electron chi connectivity index (χ3n) is 4.85. The van der Waals surface area contributed by atoms with Crippen LogP contribution in [0.25, 0.3) is 0 Å². The zero-order valence-corrected chi connectivity index (χ0v) is 16.5. The van der Waals surface area contributed by atoms with E-state index >= 15 is 0 Å². The van der Waals surface area contributed by atoms with Gasteiger partial charge in [0.2, 0.25) is 0 Å². The number of carbonyl (C=O) groups is 1. The average Bonchev–Trinajstić information content (AvgIpc) is 2.73. The van der Waals surface area contributed by atoms with E-state index in [9.17, 15) is 9.18 Å². The normalized spacial score (nSPS) is 14.5. The minimum Gasteiger partial charge on any atom is -0.489 e. The molecule has 7 nitrogen and oxygen atoms in total. The van der Waals surface area contributed by atoms with E-state index in [1.807, 2.05) is 18.2 Å². The van der Waals surface area contributed by atoms with E-state index in [1.165, 1.54) is 12.1 Å². The van der Waals surface area contributed by atoms with Crippen LogP contribution in [0, 0.1) is 5.82 Å². The molecule has 29 heavy (non-hydrogen) atoms. The number of aliphatic hydroxyl groups is 1. The molecule has 0 aliphatic carbocycles. The molecule has 8 heteroatoms. The highest BCUT2D eigenvalue weighted by atomic mass is 19.1. The number of hydrogen-bond acceptors (Lipinski definition) is 5. The van der Waals surface area contributed by atoms with Gasteiger partial charge in [-0.15, -0.1) is 0 Å². The summed E-state index contributed by atoms with van der Waals surface area (Å²) in [6.45, 7) is 4.36. The molecule has 0 aromatic heterocycles. The second-order valence-electron chi connectivity index (χ2n) is 6.89. The fourth-order valence-electron chi connectivity index (χ4n) is 3.23. The largest absolute Gasteiger partial charge is 0.489 e. The number of aliphatic hydroxyl groups excluding tert-OH is 1. The lowest BCUT2D eigenvalue weighted by atomic mass is 10.2. The molecule has 2 aromatic carbocycles. The predicted molar refractivity (Wildman–Crippen MR) is 111 cm³/mol. The first-order chi connectivity index (χ1) is 14.1. The molecule has 1 aliphatic rings. The van der Waals surface area contributed by atoms with E-state index < -0.39 is 0 Å². The summed E-state index contributed by atoms with van der Waals surface area (Å²) in [7, 11) is 1.56. The van der Waals surface area contributed by atoms with Crippen LogP contribution < -0.4 is 20.3 Å². The Morgan fingerprint density at radius 1 is 1.14 bits per heavy atom. The summed E-state index contributed by atoms with van der Waals surface area (Å²) < 4.78 is 19.9. The number of anilines is 2. The van der Waals surface area contributed by atoms with Crippen molar-refractivity contribution in [2.24, 2.45) is 0 Å². The zero-order valence-electron chi connectivity index (χ0n) is 16.5. The number of urea groups is 1. The van der Waals surface area contributed by atoms with Crippen LogP contribution in [0.1, 0.15) is 5.56 Å². The molecule has 1 aliphatic heterocycles. The van der Waals surface area contributed by atoms with Crippen molar-refractivity contribution in [1.82, 2.24) is 10.2 Å². The number of β-amino-alcohol motifs (C(OH)–C–C–N with tert-alkyl or cyclic N) is 1. The number of piperazine rings is 1. The lowest BCUT2D eigenvalue weighted by molar-refractivity contribution is 0.188. The molecule has 1 saturated heterocycles. The summed E-state index contributed by atoms with van der Waals surface area (Å²) in [5, 5.41) is 14.2. The Kier molecular flexibility index (Phi) is 7.26. The van der Waals surface area contributed by atoms with Gasteiger partial charge in [0, 0.05) is 63.3 Å². The molecule has 0 radical (unpaired) electrons. The van der Waals surface area contributed by atoms with Gasteiger partial charge in [-0.2, -0.15) is 0 Å². The Morgan fingerprint density at radius 2 is 1.86 bits per heavy atom. The number of benzene rings is 2. The highest BCUT2D eigenvalue weighted by Crippen LogP contribution is 2.25. The number of hydrogen-bond donors (Lipinski definition) is 3. The minimum atomic E-state index is -0.333. The van der Waals surface area contributed by atoms with Gasteiger partial charge in [-0.3, -0.25) is 4.90 Å². The van der Waals surface area contributed by atoms with Crippen molar-refractivity contribution in [3.63, 3.8) is 0 Å². The summed E-state index contributed by atoms with van der Waals surface area (Å²) >= 11 is 0. The molecule has 0 saturated carbocycles. The van der Waals surface area contributed by atoms with Gasteiger partial charge in [0.25, 0.3) is 0 Å². The quantitative estimate of drug-likeness (QED) is 0.662. The van der Waals surface area contributed by atoms with Gasteiger partial charge < -0.3 is 25.4 Å². The summed E-state index contributed by atoms with van der Waals surface area (Å²) in [6.07, 6.45) is 0. The van der Waals surface area contributed by atoms with E-state index in [2.05, 4.69) is 20.4 Å². The topological polar surface area (TPSA) is 77.1 Å². The minimum absolute atomic E-state index is 0.154. The predicted octanol–water partition coefficient (Wildman–Crippen LogP) is 2.27. The van der Waals surface area contributed by atoms with Crippen molar-refractivity contribution in [1.29, 1.82) is 0 Å². The van der Waals surface area contributed by atoms with Crippen molar-refractivity contribution in [2.75, 3.05) is 56.6 Å². The number of amides is 2. The lowest BCUT2D eigenvalue weighted by Crippen LogP contribution is -2.47. The van der Waals surface area contributed by atoms with Gasteiger partial charge >= 0.3 is 6.03 Å². The van der Waals surface area contributed by atoms with E-state index in [4.69, 9.17) is 9.84 Å². The first kappa shape index (κ1) is 20.9. The van der Waals surface area contributed by atoms with Gasteiger partial charge in [0.05, 0.1) is 6.61 Å². The van der Waals surface area contributed by atoms with Crippen LogP contribution >= 0.6 is 0 Å². The highest BCUT2D eigenvalue weighted by molar-refractivity contribution is 5.88. The van der Waals surface area contributed by atoms with Gasteiger partial charge in [0.1, 0.15) is 18.2 Å². The van der Waals surface area contributed by atoms with Crippen LogP contribution in [0.15, 0.2) is 42.5 Å². The van der Waals surface area contributed by atoms with Crippen LogP contribution in [0.2, 0.25) is 0 Å². The van der Waals surface area contributed by atoms with E-state index in [0.29, 0.717) is 24.6 Å². The van der Waals surface area contributed by atoms with Gasteiger partial charge in [0.15, 0.2) is 0 Å². The molecular formula is C21H27FN4O3. The van der Waals surface area contributed by atoms with Crippen LogP contribution in [-0.4, -0.2) is 62.4 Å². The Hall–Kier alpha value is -2.84. The first-order valence-corrected chi connectivity index (χ1v) is 9.66. The summed E-state index contributed by atoms with van der Waals surface area (Å²) in [4.78, 5) is 15.6. The van der Waals surface area contributed by atoms with Gasteiger partial charge in [-0.1, -0.05) is 12.1 Å². The molecule has 0 bridgehead atoms. The molecule has 156 valence electrons. The molecule has 2 aromatic rings. The van der Waals surface area contributed by atoms with Crippen LogP contribution in [0.3, 0.4) is 0 Å². The maximum absolute atomic E-state index is 14.1. The summed E-state index contributed by atoms with van der Waals surface area (Å²) in [5.41, 5.74) is 2.39. The number of carbonyl (C=O) groups excluding carboxylic acids is 1. The lowest BCUT2D eigenvalue weighted by Gasteiger charge is -2.35. The summed E-state index contributed by atoms with van der Waals surface area (Å²) in [5.74, 6) is 0.144. The van der Waals surface area contributed by atoms with Crippen molar-refractivity contribution in [2.45, 2.75) is 6.61 Å². The molecule has 1 heterocycles. The van der Waals surface area contributed by atoms with E-state index in [1.54, 1.807) is 19.2 Å². The fourth-order valence-corrected chi connectivity index (χ4v) is 3.23. The van der Waals surface area contributed by atoms with Crippen molar-refractivity contribution in [3.8, 4) is 5.75 Å². The molecule has 0 atom stereocenters. The molecule has 3 rings (SSSR count). The number of ether oxygens (including phenoxy) is 1. The Balaban J connectivity index is 1.58. The van der Waals surface area contributed by atoms with Crippen LogP contribution in [0.4, 0.5) is 20.6 Å². The third kappa shape index (κ3) is 6.07. The first-order valence-electron chi connectivity index (χ1n) is 9.66. The van der Waals surface area contributed by atoms with Gasteiger partial charge in [-0.05, 0) is 23.8 Å². The highest BCUT2D eigenvalue weighted by Gasteiger charge is 2.18. The number of nitrogens with zero attached hydrogens (tertiary/aromatic N) is 2. The Bertz CT molecular complexity index is 808. The second kappa shape index (κ2) is 10.1. The molecule has 3 N–H and O–H groups in total. The fraction of sp³-hybridized carbons (Fsp3) is 0.381. The smallest absolute Gasteiger partial charge is 0.318 e. The van der Waals surface area contributed by atoms with E-state index in [-0.39, 0.29) is 18.5 Å². The molecule has 0 spiro atoms. The summed E-state index contributed by atoms with van der Waals surface area (Å²) in [6, 6.07) is 11.8. The van der Waals surface area contributed by atoms with Crippen LogP contribution in [-0.2, 0) is 6.61 Å². The number of nitrogens with one attached hydrogen (secondary N) is 2. The third-order valence-corrected chi connectivity index (χ3v) is 4.85. The van der Waals surface area contributed by atoms with Crippen LogP contribution in [0.5, 0.6) is 5.75 Å². The van der Waals surface area contributed by atoms with Crippen molar-refractivity contribution >= 4 is 17.4 Å². The number of halogens is 1. The van der Waals surface area contributed by atoms with Crippen molar-refractivity contribution < 1.29 is 19.0 Å². The number of rotatable bonds is 7. The van der Waals surface area contributed by atoms with Crippen molar-refractivity contribution in [3.05, 3.63) is 53.8 Å². The standard InChI is InChI=1S/C21H27FN4O3/c1-23-21(28)24-18-4-2-16(3-5-18)15-29-20-13-17(22)12-19(14-20)26-8-6-25(7-9-26)10-11-27/h2-5,12-14,27H,6-11,15H2,1H3,(H2,23,24,28). The zero-order chi connectivity index (χ0) is 20.6. The average molecular weight is 402 g/mol. The maximum Gasteiger partial charge on any atom is 0.318 e. The SMILES string of the molecule is CNC(=O)Nc1ccc(COc2cc(F)cc(N3CCN(CCO)CC3)c2)cc1. The van der Waals surface area contributed by atoms with Gasteiger partial charge in [-0.25, -0.2) is 9.18 Å².